The largest absolute Gasteiger partial charge is 0.388 e. The Morgan fingerprint density at radius 2 is 2.10 bits per heavy atom. The monoisotopic (exact) mass is 313 g/mol. The highest BCUT2D eigenvalue weighted by atomic mass is 35.5. The normalized spacial score (nSPS) is 21.4. The van der Waals surface area contributed by atoms with Gasteiger partial charge in [0, 0.05) is 28.6 Å². The van der Waals surface area contributed by atoms with E-state index in [1.54, 1.807) is 0 Å². The maximum absolute atomic E-state index is 10.3. The topological polar surface area (TPSA) is 23.5 Å². The van der Waals surface area contributed by atoms with Crippen LogP contribution in [0.2, 0.25) is 5.02 Å². The minimum absolute atomic E-state index is 0.385. The van der Waals surface area contributed by atoms with Gasteiger partial charge in [-0.2, -0.15) is 11.8 Å². The molecule has 0 radical (unpaired) electrons. The summed E-state index contributed by atoms with van der Waals surface area (Å²) in [5.74, 6) is 1.18. The Kier molecular flexibility index (Phi) is 5.79. The Morgan fingerprint density at radius 3 is 2.85 bits per heavy atom. The molecule has 1 fully saturated rings. The molecule has 1 aromatic rings. The molecule has 1 saturated heterocycles. The third-order valence-corrected chi connectivity index (χ3v) is 5.63. The molecule has 1 aliphatic rings. The van der Waals surface area contributed by atoms with Crippen molar-refractivity contribution in [1.29, 1.82) is 0 Å². The number of aliphatic hydroxyl groups is 1. The lowest BCUT2D eigenvalue weighted by Crippen LogP contribution is -2.29. The Bertz CT molecular complexity index is 438. The van der Waals surface area contributed by atoms with E-state index in [0.29, 0.717) is 9.77 Å². The first-order valence-electron chi connectivity index (χ1n) is 7.27. The van der Waals surface area contributed by atoms with Crippen LogP contribution in [0.4, 0.5) is 0 Å². The zero-order valence-corrected chi connectivity index (χ0v) is 13.9. The zero-order chi connectivity index (χ0) is 14.6. The van der Waals surface area contributed by atoms with Gasteiger partial charge in [-0.05, 0) is 31.0 Å². The molecule has 1 aromatic carbocycles. The minimum atomic E-state index is -0.465. The van der Waals surface area contributed by atoms with E-state index in [2.05, 4.69) is 30.5 Å². The van der Waals surface area contributed by atoms with Crippen LogP contribution in [0.25, 0.3) is 0 Å². The molecular weight excluding hydrogens is 290 g/mol. The van der Waals surface area contributed by atoms with Gasteiger partial charge < -0.3 is 10.0 Å². The van der Waals surface area contributed by atoms with Gasteiger partial charge in [0.25, 0.3) is 0 Å². The lowest BCUT2D eigenvalue weighted by atomic mass is 10.1. The van der Waals surface area contributed by atoms with E-state index in [-0.39, 0.29) is 0 Å². The SMILES string of the molecule is CC1(C)CCN(CCC(O)c2ccccc2Cl)CCS1. The lowest BCUT2D eigenvalue weighted by Gasteiger charge is -2.23. The highest BCUT2D eigenvalue weighted by Gasteiger charge is 2.24. The zero-order valence-electron chi connectivity index (χ0n) is 12.3. The van der Waals surface area contributed by atoms with Crippen molar-refractivity contribution in [2.45, 2.75) is 37.5 Å². The fraction of sp³-hybridized carbons (Fsp3) is 0.625. The molecule has 1 heterocycles. The molecule has 0 aliphatic carbocycles. The van der Waals surface area contributed by atoms with E-state index in [1.165, 1.54) is 12.2 Å². The second kappa shape index (κ2) is 7.17. The number of aliphatic hydroxyl groups excluding tert-OH is 1. The molecule has 0 spiro atoms. The summed E-state index contributed by atoms with van der Waals surface area (Å²) in [6.45, 7) is 7.81. The molecular formula is C16H24ClNOS. The molecule has 0 bridgehead atoms. The number of benzene rings is 1. The number of hydrogen-bond acceptors (Lipinski definition) is 3. The van der Waals surface area contributed by atoms with Crippen molar-refractivity contribution in [2.24, 2.45) is 0 Å². The van der Waals surface area contributed by atoms with Crippen LogP contribution in [-0.2, 0) is 0 Å². The smallest absolute Gasteiger partial charge is 0.0816 e. The predicted octanol–water partition coefficient (Wildman–Crippen LogP) is 3.98. The summed E-state index contributed by atoms with van der Waals surface area (Å²) in [5, 5.41) is 10.9. The minimum Gasteiger partial charge on any atom is -0.388 e. The Balaban J connectivity index is 1.84. The number of thioether (sulfide) groups is 1. The fourth-order valence-electron chi connectivity index (χ4n) is 2.49. The molecule has 1 aliphatic heterocycles. The van der Waals surface area contributed by atoms with Gasteiger partial charge in [0.1, 0.15) is 0 Å². The highest BCUT2D eigenvalue weighted by molar-refractivity contribution is 8.00. The maximum atomic E-state index is 10.3. The maximum Gasteiger partial charge on any atom is 0.0816 e. The van der Waals surface area contributed by atoms with Gasteiger partial charge in [0.2, 0.25) is 0 Å². The van der Waals surface area contributed by atoms with Gasteiger partial charge in [-0.1, -0.05) is 43.6 Å². The van der Waals surface area contributed by atoms with Crippen LogP contribution in [0.15, 0.2) is 24.3 Å². The van der Waals surface area contributed by atoms with Crippen LogP contribution in [0.1, 0.15) is 38.4 Å². The average Bonchev–Trinajstić information content (AvgIpc) is 2.57. The summed E-state index contributed by atoms with van der Waals surface area (Å²) < 4.78 is 0.385. The Labute approximate surface area is 131 Å². The number of halogens is 1. The van der Waals surface area contributed by atoms with Crippen LogP contribution in [0.5, 0.6) is 0 Å². The van der Waals surface area contributed by atoms with Gasteiger partial charge in [-0.25, -0.2) is 0 Å². The first kappa shape index (κ1) is 16.2. The van der Waals surface area contributed by atoms with E-state index < -0.39 is 6.10 Å². The molecule has 4 heteroatoms. The number of nitrogens with zero attached hydrogens (tertiary/aromatic N) is 1. The van der Waals surface area contributed by atoms with Crippen molar-refractivity contribution in [3.05, 3.63) is 34.9 Å². The van der Waals surface area contributed by atoms with Crippen molar-refractivity contribution in [3.63, 3.8) is 0 Å². The van der Waals surface area contributed by atoms with E-state index in [0.717, 1.165) is 31.6 Å². The molecule has 0 amide bonds. The van der Waals surface area contributed by atoms with E-state index in [1.807, 2.05) is 24.3 Å². The lowest BCUT2D eigenvalue weighted by molar-refractivity contribution is 0.143. The van der Waals surface area contributed by atoms with Crippen molar-refractivity contribution >= 4 is 23.4 Å². The van der Waals surface area contributed by atoms with Gasteiger partial charge in [-0.15, -0.1) is 0 Å². The molecule has 112 valence electrons. The van der Waals surface area contributed by atoms with Crippen molar-refractivity contribution in [3.8, 4) is 0 Å². The van der Waals surface area contributed by atoms with Gasteiger partial charge in [0.15, 0.2) is 0 Å². The molecule has 2 rings (SSSR count). The molecule has 1 unspecified atom stereocenters. The fourth-order valence-corrected chi connectivity index (χ4v) is 3.89. The van der Waals surface area contributed by atoms with E-state index in [4.69, 9.17) is 11.6 Å². The number of hydrogen-bond donors (Lipinski definition) is 1. The second-order valence-electron chi connectivity index (χ2n) is 6.03. The average molecular weight is 314 g/mol. The van der Waals surface area contributed by atoms with Crippen LogP contribution in [0, 0.1) is 0 Å². The molecule has 1 atom stereocenters. The summed E-state index contributed by atoms with van der Waals surface area (Å²) >= 11 is 8.18. The molecule has 20 heavy (non-hydrogen) atoms. The van der Waals surface area contributed by atoms with E-state index >= 15 is 0 Å². The summed E-state index contributed by atoms with van der Waals surface area (Å²) in [7, 11) is 0. The highest BCUT2D eigenvalue weighted by Crippen LogP contribution is 2.31. The van der Waals surface area contributed by atoms with Crippen molar-refractivity contribution in [1.82, 2.24) is 4.90 Å². The molecule has 2 nitrogen and oxygen atoms in total. The quantitative estimate of drug-likeness (QED) is 0.909. The third kappa shape index (κ3) is 4.66. The molecule has 1 N–H and O–H groups in total. The summed E-state index contributed by atoms with van der Waals surface area (Å²) in [6, 6.07) is 7.57. The number of rotatable bonds is 4. The van der Waals surface area contributed by atoms with Crippen molar-refractivity contribution in [2.75, 3.05) is 25.4 Å². The van der Waals surface area contributed by atoms with Crippen LogP contribution >= 0.6 is 23.4 Å². The first-order chi connectivity index (χ1) is 9.48. The predicted molar refractivity (Wildman–Crippen MR) is 88.6 cm³/mol. The standard InChI is InChI=1S/C16H24ClNOS/c1-16(2)8-10-18(11-12-20-16)9-7-15(19)13-5-3-4-6-14(13)17/h3-6,15,19H,7-12H2,1-2H3. The summed E-state index contributed by atoms with van der Waals surface area (Å²) in [6.07, 6.45) is 1.49. The van der Waals surface area contributed by atoms with Crippen molar-refractivity contribution < 1.29 is 5.11 Å². The van der Waals surface area contributed by atoms with Crippen LogP contribution < -0.4 is 0 Å². The van der Waals surface area contributed by atoms with Gasteiger partial charge in [0.05, 0.1) is 6.10 Å². The van der Waals surface area contributed by atoms with Gasteiger partial charge in [-0.3, -0.25) is 0 Å². The van der Waals surface area contributed by atoms with Crippen LogP contribution in [-0.4, -0.2) is 40.1 Å². The molecule has 0 saturated carbocycles. The third-order valence-electron chi connectivity index (χ3n) is 3.91. The summed E-state index contributed by atoms with van der Waals surface area (Å²) in [5.41, 5.74) is 0.846. The first-order valence-corrected chi connectivity index (χ1v) is 8.63. The molecule has 0 aromatic heterocycles. The van der Waals surface area contributed by atoms with E-state index in [9.17, 15) is 5.11 Å². The van der Waals surface area contributed by atoms with Gasteiger partial charge >= 0.3 is 0 Å². The Morgan fingerprint density at radius 1 is 1.35 bits per heavy atom. The Hall–Kier alpha value is -0.220. The summed E-state index contributed by atoms with van der Waals surface area (Å²) in [4.78, 5) is 2.46. The second-order valence-corrected chi connectivity index (χ2v) is 8.24. The van der Waals surface area contributed by atoms with Crippen LogP contribution in [0.3, 0.4) is 0 Å².